The van der Waals surface area contributed by atoms with Crippen LogP contribution in [0, 0.1) is 0 Å². The fourth-order valence-corrected chi connectivity index (χ4v) is 3.18. The van der Waals surface area contributed by atoms with E-state index in [2.05, 4.69) is 17.4 Å². The summed E-state index contributed by atoms with van der Waals surface area (Å²) in [4.78, 5) is 0. The molecule has 21 heavy (non-hydrogen) atoms. The van der Waals surface area contributed by atoms with Crippen LogP contribution in [0.15, 0.2) is 42.5 Å². The second-order valence-electron chi connectivity index (χ2n) is 6.18. The number of benzene rings is 2. The van der Waals surface area contributed by atoms with Crippen LogP contribution < -0.4 is 5.32 Å². The van der Waals surface area contributed by atoms with Crippen LogP contribution >= 0.6 is 0 Å². The summed E-state index contributed by atoms with van der Waals surface area (Å²) in [5.41, 5.74) is 0.350. The maximum Gasteiger partial charge on any atom is 0.0914 e. The van der Waals surface area contributed by atoms with Crippen molar-refractivity contribution in [3.05, 3.63) is 48.0 Å². The first-order chi connectivity index (χ1) is 10.2. The topological polar surface area (TPSA) is 52.5 Å². The van der Waals surface area contributed by atoms with Crippen LogP contribution in [0.3, 0.4) is 0 Å². The van der Waals surface area contributed by atoms with E-state index in [9.17, 15) is 10.2 Å². The third-order valence-electron chi connectivity index (χ3n) is 4.48. The highest BCUT2D eigenvalue weighted by molar-refractivity contribution is 5.83. The molecule has 3 N–H and O–H groups in total. The molecule has 0 bridgehead atoms. The van der Waals surface area contributed by atoms with Gasteiger partial charge in [-0.05, 0) is 35.2 Å². The Hall–Kier alpha value is -1.42. The first-order valence-corrected chi connectivity index (χ1v) is 7.76. The van der Waals surface area contributed by atoms with Gasteiger partial charge in [0.15, 0.2) is 0 Å². The molecule has 0 aromatic heterocycles. The maximum absolute atomic E-state index is 10.3. The zero-order chi connectivity index (χ0) is 14.7. The lowest BCUT2D eigenvalue weighted by molar-refractivity contribution is 0.0439. The third-order valence-corrected chi connectivity index (χ3v) is 4.48. The van der Waals surface area contributed by atoms with Gasteiger partial charge in [-0.3, -0.25) is 0 Å². The monoisotopic (exact) mass is 285 g/mol. The van der Waals surface area contributed by atoms with Crippen molar-refractivity contribution >= 4 is 10.8 Å². The number of aliphatic hydroxyl groups excluding tert-OH is 1. The molecule has 0 saturated heterocycles. The zero-order valence-corrected chi connectivity index (χ0v) is 12.3. The van der Waals surface area contributed by atoms with Crippen LogP contribution in [-0.4, -0.2) is 28.9 Å². The van der Waals surface area contributed by atoms with Crippen molar-refractivity contribution in [2.45, 2.75) is 37.4 Å². The van der Waals surface area contributed by atoms with E-state index in [-0.39, 0.29) is 0 Å². The Kier molecular flexibility index (Phi) is 4.24. The first-order valence-electron chi connectivity index (χ1n) is 7.76. The molecule has 112 valence electrons. The minimum absolute atomic E-state index is 0.473. The molecule has 3 heteroatoms. The lowest BCUT2D eigenvalue weighted by Crippen LogP contribution is -2.39. The van der Waals surface area contributed by atoms with Gasteiger partial charge >= 0.3 is 0 Å². The highest BCUT2D eigenvalue weighted by Gasteiger charge is 2.30. The number of hydrogen-bond acceptors (Lipinski definition) is 3. The van der Waals surface area contributed by atoms with Gasteiger partial charge in [-0.1, -0.05) is 49.2 Å². The smallest absolute Gasteiger partial charge is 0.0914 e. The van der Waals surface area contributed by atoms with Gasteiger partial charge in [0.1, 0.15) is 0 Å². The molecule has 1 fully saturated rings. The molecular weight excluding hydrogens is 262 g/mol. The number of aliphatic hydroxyl groups is 2. The van der Waals surface area contributed by atoms with Crippen molar-refractivity contribution in [2.24, 2.45) is 0 Å². The molecule has 1 aliphatic carbocycles. The van der Waals surface area contributed by atoms with Gasteiger partial charge < -0.3 is 15.5 Å². The lowest BCUT2D eigenvalue weighted by atomic mass is 10.0. The predicted octanol–water partition coefficient (Wildman–Crippen LogP) is 2.77. The summed E-state index contributed by atoms with van der Waals surface area (Å²) in [6, 6.07) is 14.2. The van der Waals surface area contributed by atoms with E-state index < -0.39 is 11.7 Å². The molecule has 0 amide bonds. The van der Waals surface area contributed by atoms with Crippen molar-refractivity contribution in [3.8, 4) is 0 Å². The van der Waals surface area contributed by atoms with Crippen molar-refractivity contribution in [1.29, 1.82) is 0 Å². The van der Waals surface area contributed by atoms with E-state index in [4.69, 9.17) is 0 Å². The number of nitrogens with one attached hydrogen (secondary N) is 1. The summed E-state index contributed by atoms with van der Waals surface area (Å²) < 4.78 is 0. The standard InChI is InChI=1S/C18H23NO2/c20-17(12-19-13-18(21)9-3-4-10-18)16-8-7-14-5-1-2-6-15(14)11-16/h1-2,5-8,11,17,19-21H,3-4,9-10,12-13H2. The molecule has 3 rings (SSSR count). The average molecular weight is 285 g/mol. The number of hydrogen-bond donors (Lipinski definition) is 3. The molecule has 0 spiro atoms. The first kappa shape index (κ1) is 14.5. The summed E-state index contributed by atoms with van der Waals surface area (Å²) in [6.07, 6.45) is 3.40. The van der Waals surface area contributed by atoms with Crippen LogP contribution in [0.5, 0.6) is 0 Å². The third kappa shape index (κ3) is 3.43. The van der Waals surface area contributed by atoms with Crippen LogP contribution in [0.4, 0.5) is 0 Å². The largest absolute Gasteiger partial charge is 0.389 e. The maximum atomic E-state index is 10.3. The molecular formula is C18H23NO2. The zero-order valence-electron chi connectivity index (χ0n) is 12.3. The SMILES string of the molecule is OC(CNCC1(O)CCCC1)c1ccc2ccccc2c1. The summed E-state index contributed by atoms with van der Waals surface area (Å²) in [5, 5.41) is 26.1. The molecule has 0 heterocycles. The molecule has 1 aliphatic rings. The van der Waals surface area contributed by atoms with Crippen molar-refractivity contribution in [3.63, 3.8) is 0 Å². The van der Waals surface area contributed by atoms with E-state index in [1.807, 2.05) is 30.3 Å². The van der Waals surface area contributed by atoms with E-state index in [0.717, 1.165) is 36.6 Å². The minimum atomic E-state index is -0.566. The highest BCUT2D eigenvalue weighted by atomic mass is 16.3. The Bertz CT molecular complexity index is 605. The molecule has 1 unspecified atom stereocenters. The average Bonchev–Trinajstić information content (AvgIpc) is 2.93. The van der Waals surface area contributed by atoms with Gasteiger partial charge in [-0.15, -0.1) is 0 Å². The van der Waals surface area contributed by atoms with Gasteiger partial charge in [-0.2, -0.15) is 0 Å². The molecule has 1 atom stereocenters. The Morgan fingerprint density at radius 3 is 2.52 bits per heavy atom. The number of rotatable bonds is 5. The van der Waals surface area contributed by atoms with Crippen molar-refractivity contribution in [1.82, 2.24) is 5.32 Å². The summed E-state index contributed by atoms with van der Waals surface area (Å²) in [7, 11) is 0. The van der Waals surface area contributed by atoms with Crippen molar-refractivity contribution < 1.29 is 10.2 Å². The summed E-state index contributed by atoms with van der Waals surface area (Å²) in [6.45, 7) is 1.04. The van der Waals surface area contributed by atoms with E-state index in [0.29, 0.717) is 13.1 Å². The van der Waals surface area contributed by atoms with E-state index in [1.165, 1.54) is 5.39 Å². The highest BCUT2D eigenvalue weighted by Crippen LogP contribution is 2.28. The number of fused-ring (bicyclic) bond motifs is 1. The molecule has 2 aromatic rings. The second kappa shape index (κ2) is 6.14. The summed E-state index contributed by atoms with van der Waals surface area (Å²) >= 11 is 0. The molecule has 0 aliphatic heterocycles. The predicted molar refractivity (Wildman–Crippen MR) is 85.2 cm³/mol. The molecule has 1 saturated carbocycles. The van der Waals surface area contributed by atoms with Crippen LogP contribution in [0.2, 0.25) is 0 Å². The van der Waals surface area contributed by atoms with Crippen LogP contribution in [-0.2, 0) is 0 Å². The summed E-state index contributed by atoms with van der Waals surface area (Å²) in [5.74, 6) is 0. The van der Waals surface area contributed by atoms with Gasteiger partial charge in [0.25, 0.3) is 0 Å². The van der Waals surface area contributed by atoms with E-state index in [1.54, 1.807) is 0 Å². The second-order valence-corrected chi connectivity index (χ2v) is 6.18. The quantitative estimate of drug-likeness (QED) is 0.792. The van der Waals surface area contributed by atoms with Gasteiger partial charge in [0, 0.05) is 13.1 Å². The molecule has 0 radical (unpaired) electrons. The van der Waals surface area contributed by atoms with Crippen LogP contribution in [0.25, 0.3) is 10.8 Å². The Morgan fingerprint density at radius 1 is 1.05 bits per heavy atom. The molecule has 3 nitrogen and oxygen atoms in total. The lowest BCUT2D eigenvalue weighted by Gasteiger charge is -2.23. The van der Waals surface area contributed by atoms with Gasteiger partial charge in [0.2, 0.25) is 0 Å². The Labute approximate surface area is 125 Å². The van der Waals surface area contributed by atoms with Gasteiger partial charge in [-0.25, -0.2) is 0 Å². The van der Waals surface area contributed by atoms with Crippen molar-refractivity contribution in [2.75, 3.05) is 13.1 Å². The Balaban J connectivity index is 1.60. The fraction of sp³-hybridized carbons (Fsp3) is 0.444. The normalized spacial score (nSPS) is 19.0. The van der Waals surface area contributed by atoms with E-state index >= 15 is 0 Å². The molecule has 2 aromatic carbocycles. The Morgan fingerprint density at radius 2 is 1.76 bits per heavy atom. The fourth-order valence-electron chi connectivity index (χ4n) is 3.18. The van der Waals surface area contributed by atoms with Gasteiger partial charge in [0.05, 0.1) is 11.7 Å². The van der Waals surface area contributed by atoms with Crippen LogP contribution in [0.1, 0.15) is 37.4 Å². The minimum Gasteiger partial charge on any atom is -0.389 e.